The number of aliphatic hydroxyl groups excluding tert-OH is 1. The third-order valence-corrected chi connectivity index (χ3v) is 4.30. The van der Waals surface area contributed by atoms with Crippen LogP contribution in [-0.2, 0) is 4.79 Å². The second-order valence-electron chi connectivity index (χ2n) is 6.04. The highest BCUT2D eigenvalue weighted by Crippen LogP contribution is 2.27. The van der Waals surface area contributed by atoms with Crippen molar-refractivity contribution in [2.24, 2.45) is 0 Å². The van der Waals surface area contributed by atoms with E-state index in [1.54, 1.807) is 19.1 Å². The third-order valence-electron chi connectivity index (χ3n) is 4.30. The van der Waals surface area contributed by atoms with Gasteiger partial charge in [0.1, 0.15) is 6.04 Å². The lowest BCUT2D eigenvalue weighted by molar-refractivity contribution is -0.127. The van der Waals surface area contributed by atoms with Crippen molar-refractivity contribution in [2.45, 2.75) is 26.0 Å². The van der Waals surface area contributed by atoms with Crippen LogP contribution in [0.25, 0.3) is 0 Å². The number of hydrogen-bond donors (Lipinski definition) is 1. The van der Waals surface area contributed by atoms with E-state index in [1.165, 1.54) is 4.90 Å². The van der Waals surface area contributed by atoms with Crippen LogP contribution in [0.2, 0.25) is 0 Å². The van der Waals surface area contributed by atoms with Crippen LogP contribution in [-0.4, -0.2) is 34.5 Å². The predicted octanol–water partition coefficient (Wildman–Crippen LogP) is 2.89. The van der Waals surface area contributed by atoms with Crippen LogP contribution in [0, 0.1) is 6.92 Å². The second-order valence-corrected chi connectivity index (χ2v) is 6.04. The minimum absolute atomic E-state index is 0.0472. The number of aryl methyl sites for hydroxylation is 1. The molecule has 0 aliphatic carbocycles. The van der Waals surface area contributed by atoms with Gasteiger partial charge in [-0.25, -0.2) is 4.79 Å². The Kier molecular flexibility index (Phi) is 4.36. The fourth-order valence-electron chi connectivity index (χ4n) is 2.89. The molecule has 124 valence electrons. The largest absolute Gasteiger partial charge is 0.387 e. The number of imide groups is 1. The van der Waals surface area contributed by atoms with Crippen LogP contribution in [0.1, 0.15) is 24.2 Å². The van der Waals surface area contributed by atoms with Gasteiger partial charge in [0, 0.05) is 5.69 Å². The Labute approximate surface area is 141 Å². The Hall–Kier alpha value is -2.66. The SMILES string of the molecule is Cc1ccc(N2C(=O)N(C[C@H](O)c3ccccc3)C(=O)[C@@H]2C)cc1. The highest BCUT2D eigenvalue weighted by molar-refractivity contribution is 6.14. The van der Waals surface area contributed by atoms with E-state index >= 15 is 0 Å². The van der Waals surface area contributed by atoms with E-state index in [4.69, 9.17) is 0 Å². The molecule has 2 aromatic carbocycles. The molecule has 2 atom stereocenters. The highest BCUT2D eigenvalue weighted by Gasteiger charge is 2.43. The maximum atomic E-state index is 12.7. The lowest BCUT2D eigenvalue weighted by atomic mass is 10.1. The quantitative estimate of drug-likeness (QED) is 0.880. The topological polar surface area (TPSA) is 60.9 Å². The first-order valence-electron chi connectivity index (χ1n) is 7.93. The van der Waals surface area contributed by atoms with Gasteiger partial charge in [0.25, 0.3) is 5.91 Å². The molecule has 0 radical (unpaired) electrons. The van der Waals surface area contributed by atoms with E-state index in [1.807, 2.05) is 49.4 Å². The minimum Gasteiger partial charge on any atom is -0.387 e. The van der Waals surface area contributed by atoms with Gasteiger partial charge in [-0.2, -0.15) is 0 Å². The summed E-state index contributed by atoms with van der Waals surface area (Å²) in [5.41, 5.74) is 2.45. The van der Waals surface area contributed by atoms with Crippen LogP contribution >= 0.6 is 0 Å². The van der Waals surface area contributed by atoms with E-state index in [0.717, 1.165) is 10.5 Å². The molecule has 1 aliphatic rings. The summed E-state index contributed by atoms with van der Waals surface area (Å²) in [6.07, 6.45) is -0.899. The zero-order chi connectivity index (χ0) is 17.3. The van der Waals surface area contributed by atoms with Crippen molar-refractivity contribution >= 4 is 17.6 Å². The summed E-state index contributed by atoms with van der Waals surface area (Å²) in [7, 11) is 0. The third kappa shape index (κ3) is 2.90. The van der Waals surface area contributed by atoms with Gasteiger partial charge in [0.2, 0.25) is 0 Å². The van der Waals surface area contributed by atoms with Crippen molar-refractivity contribution < 1.29 is 14.7 Å². The lowest BCUT2D eigenvalue weighted by Gasteiger charge is -2.21. The van der Waals surface area contributed by atoms with Crippen molar-refractivity contribution in [3.8, 4) is 0 Å². The molecule has 3 rings (SSSR count). The normalized spacial score (nSPS) is 19.0. The van der Waals surface area contributed by atoms with Gasteiger partial charge in [0.05, 0.1) is 12.6 Å². The zero-order valence-corrected chi connectivity index (χ0v) is 13.7. The molecule has 3 amide bonds. The summed E-state index contributed by atoms with van der Waals surface area (Å²) in [4.78, 5) is 27.8. The van der Waals surface area contributed by atoms with Crippen LogP contribution < -0.4 is 4.90 Å². The van der Waals surface area contributed by atoms with Gasteiger partial charge in [-0.1, -0.05) is 48.0 Å². The van der Waals surface area contributed by atoms with E-state index < -0.39 is 18.2 Å². The Bertz CT molecular complexity index is 743. The number of aliphatic hydroxyl groups is 1. The lowest BCUT2D eigenvalue weighted by Crippen LogP contribution is -2.36. The van der Waals surface area contributed by atoms with Gasteiger partial charge >= 0.3 is 6.03 Å². The van der Waals surface area contributed by atoms with Crippen LogP contribution in [0.4, 0.5) is 10.5 Å². The predicted molar refractivity (Wildman–Crippen MR) is 91.6 cm³/mol. The van der Waals surface area contributed by atoms with E-state index in [-0.39, 0.29) is 12.5 Å². The molecule has 5 heteroatoms. The van der Waals surface area contributed by atoms with Crippen LogP contribution in [0.15, 0.2) is 54.6 Å². The number of hydrogen-bond acceptors (Lipinski definition) is 3. The molecule has 0 bridgehead atoms. The van der Waals surface area contributed by atoms with Gasteiger partial charge < -0.3 is 5.11 Å². The Balaban J connectivity index is 1.81. The molecule has 1 fully saturated rings. The first-order chi connectivity index (χ1) is 11.5. The van der Waals surface area contributed by atoms with Crippen molar-refractivity contribution in [2.75, 3.05) is 11.4 Å². The molecule has 1 saturated heterocycles. The summed E-state index contributed by atoms with van der Waals surface area (Å²) in [6.45, 7) is 3.62. The maximum absolute atomic E-state index is 12.7. The molecule has 2 aromatic rings. The fraction of sp³-hybridized carbons (Fsp3) is 0.263. The number of nitrogens with zero attached hydrogens (tertiary/aromatic N) is 2. The van der Waals surface area contributed by atoms with Crippen LogP contribution in [0.5, 0.6) is 0 Å². The molecule has 1 N–H and O–H groups in total. The number of carbonyl (C=O) groups is 2. The number of rotatable bonds is 4. The Morgan fingerprint density at radius 3 is 2.29 bits per heavy atom. The monoisotopic (exact) mass is 324 g/mol. The molecule has 1 aliphatic heterocycles. The maximum Gasteiger partial charge on any atom is 0.332 e. The molecule has 1 heterocycles. The summed E-state index contributed by atoms with van der Waals surface area (Å²) in [5.74, 6) is -0.296. The summed E-state index contributed by atoms with van der Waals surface area (Å²) in [5, 5.41) is 10.3. The second kappa shape index (κ2) is 6.45. The van der Waals surface area contributed by atoms with E-state index in [2.05, 4.69) is 0 Å². The molecular formula is C19H20N2O3. The van der Waals surface area contributed by atoms with Crippen molar-refractivity contribution in [3.63, 3.8) is 0 Å². The highest BCUT2D eigenvalue weighted by atomic mass is 16.3. The smallest absolute Gasteiger partial charge is 0.332 e. The number of anilines is 1. The van der Waals surface area contributed by atoms with E-state index in [9.17, 15) is 14.7 Å². The average molecular weight is 324 g/mol. The molecular weight excluding hydrogens is 304 g/mol. The zero-order valence-electron chi connectivity index (χ0n) is 13.7. The number of amides is 3. The van der Waals surface area contributed by atoms with Gasteiger partial charge in [-0.3, -0.25) is 14.6 Å². The first kappa shape index (κ1) is 16.2. The van der Waals surface area contributed by atoms with Gasteiger partial charge in [-0.05, 0) is 31.5 Å². The first-order valence-corrected chi connectivity index (χ1v) is 7.93. The molecule has 0 spiro atoms. The summed E-state index contributed by atoms with van der Waals surface area (Å²) >= 11 is 0. The summed E-state index contributed by atoms with van der Waals surface area (Å²) in [6, 6.07) is 15.5. The number of carbonyl (C=O) groups excluding carboxylic acids is 2. The molecule has 5 nitrogen and oxygen atoms in total. The van der Waals surface area contributed by atoms with Gasteiger partial charge in [-0.15, -0.1) is 0 Å². The average Bonchev–Trinajstić information content (AvgIpc) is 2.80. The van der Waals surface area contributed by atoms with Crippen molar-refractivity contribution in [1.29, 1.82) is 0 Å². The van der Waals surface area contributed by atoms with Crippen molar-refractivity contribution in [1.82, 2.24) is 4.90 Å². The molecule has 0 aromatic heterocycles. The molecule has 0 saturated carbocycles. The Morgan fingerprint density at radius 1 is 1.04 bits per heavy atom. The number of urea groups is 1. The number of benzene rings is 2. The van der Waals surface area contributed by atoms with Crippen LogP contribution in [0.3, 0.4) is 0 Å². The van der Waals surface area contributed by atoms with Crippen molar-refractivity contribution in [3.05, 3.63) is 65.7 Å². The minimum atomic E-state index is -0.899. The molecule has 24 heavy (non-hydrogen) atoms. The molecule has 0 unspecified atom stereocenters. The fourth-order valence-corrected chi connectivity index (χ4v) is 2.89. The standard InChI is InChI=1S/C19H20N2O3/c1-13-8-10-16(11-9-13)21-14(2)18(23)20(19(21)24)12-17(22)15-6-4-3-5-7-15/h3-11,14,17,22H,12H2,1-2H3/t14-,17-/m0/s1. The van der Waals surface area contributed by atoms with Gasteiger partial charge in [0.15, 0.2) is 0 Å². The Morgan fingerprint density at radius 2 is 1.67 bits per heavy atom. The van der Waals surface area contributed by atoms with E-state index in [0.29, 0.717) is 11.3 Å². The summed E-state index contributed by atoms with van der Waals surface area (Å²) < 4.78 is 0. The number of β-amino-alcohol motifs (C(OH)–C–C–N with tert-alkyl or cyclic N) is 1.